The highest BCUT2D eigenvalue weighted by Crippen LogP contribution is 2.85. The van der Waals surface area contributed by atoms with E-state index < -0.39 is 5.82 Å². The number of halogens is 2. The lowest BCUT2D eigenvalue weighted by molar-refractivity contribution is -0.119. The molecule has 13 heteroatoms. The molecule has 0 bridgehead atoms. The molecule has 1 amide bonds. The fourth-order valence-corrected chi connectivity index (χ4v) is 7.15. The number of nitrogens with zero attached hydrogens (tertiary/aromatic N) is 2. The van der Waals surface area contributed by atoms with Crippen LogP contribution >= 0.6 is 35.1 Å². The molecule has 0 spiro atoms. The topological polar surface area (TPSA) is 131 Å². The highest BCUT2D eigenvalue weighted by Gasteiger charge is 2.86. The van der Waals surface area contributed by atoms with Gasteiger partial charge in [-0.1, -0.05) is 18.5 Å². The lowest BCUT2D eigenvalue weighted by Gasteiger charge is -2.22. The van der Waals surface area contributed by atoms with Gasteiger partial charge in [0.05, 0.1) is 22.7 Å². The van der Waals surface area contributed by atoms with E-state index in [9.17, 15) is 9.18 Å². The van der Waals surface area contributed by atoms with Gasteiger partial charge in [0.15, 0.2) is 0 Å². The van der Waals surface area contributed by atoms with Crippen LogP contribution < -0.4 is 27.4 Å². The van der Waals surface area contributed by atoms with Gasteiger partial charge >= 0.3 is 0 Å². The van der Waals surface area contributed by atoms with Crippen molar-refractivity contribution in [1.29, 1.82) is 0 Å². The Morgan fingerprint density at radius 1 is 1.21 bits per heavy atom. The van der Waals surface area contributed by atoms with Gasteiger partial charge in [0.2, 0.25) is 5.91 Å². The van der Waals surface area contributed by atoms with Gasteiger partial charge < -0.3 is 32.2 Å². The van der Waals surface area contributed by atoms with Crippen LogP contribution in [0.4, 0.5) is 15.9 Å². The number of carbonyl (C=O) groups is 1. The summed E-state index contributed by atoms with van der Waals surface area (Å²) in [7, 11) is 0. The smallest absolute Gasteiger partial charge is 0.232 e. The first kappa shape index (κ1) is 36.8. The van der Waals surface area contributed by atoms with Crippen molar-refractivity contribution in [3.05, 3.63) is 69.7 Å². The summed E-state index contributed by atoms with van der Waals surface area (Å²) in [5.41, 5.74) is 14.1. The lowest BCUT2D eigenvalue weighted by Crippen LogP contribution is -2.35. The number of thioether (sulfide) groups is 2. The largest absolute Gasteiger partial charge is 0.398 e. The number of amides is 1. The number of nitrogens with two attached hydrogens (primary N) is 2. The maximum Gasteiger partial charge on any atom is 0.232 e. The molecule has 5 rings (SSSR count). The number of benzene rings is 1. The average molecular weight is 718 g/mol. The van der Waals surface area contributed by atoms with Gasteiger partial charge in [-0.2, -0.15) is 0 Å². The normalized spacial score (nSPS) is 22.3. The zero-order chi connectivity index (χ0) is 34.5. The molecule has 1 heterocycles. The summed E-state index contributed by atoms with van der Waals surface area (Å²) in [4.78, 5) is 20.1. The molecule has 3 aliphatic rings. The highest BCUT2D eigenvalue weighted by molar-refractivity contribution is 8.03. The van der Waals surface area contributed by atoms with Crippen molar-refractivity contribution < 1.29 is 13.9 Å². The summed E-state index contributed by atoms with van der Waals surface area (Å²) < 4.78 is 20.6. The third kappa shape index (κ3) is 9.19. The predicted molar refractivity (Wildman–Crippen MR) is 199 cm³/mol. The first-order chi connectivity index (χ1) is 22.9. The van der Waals surface area contributed by atoms with Crippen molar-refractivity contribution in [2.45, 2.75) is 63.9 Å². The Balaban J connectivity index is 1.21. The summed E-state index contributed by atoms with van der Waals surface area (Å²) in [5.74, 6) is 0.548. The number of fused-ring (bicyclic) bond motifs is 1. The van der Waals surface area contributed by atoms with Crippen molar-refractivity contribution >= 4 is 58.2 Å². The standard InChI is InChI=1S/C35H49ClFN7O2S2/c1-5-13-44(25-7-8-25)14-12-40-22-34-20-35(34,21-34)32(45)43-30-18-24(10-11-41-30)42-29(31(39)48-16-15-46-33(2,3)47-4)19-28(38)26-17-23(36)6-9-27(26)37/h6,9-11,17-19,25,40H,5,7-8,12-16,20-22,38-39H2,1-4H3,(H2,41,42,43,45)/b28-19-,31-29-. The van der Waals surface area contributed by atoms with Crippen LogP contribution in [0.2, 0.25) is 5.02 Å². The molecule has 48 heavy (non-hydrogen) atoms. The van der Waals surface area contributed by atoms with E-state index in [1.165, 1.54) is 49.2 Å². The third-order valence-electron chi connectivity index (χ3n) is 9.46. The number of allylic oxidation sites excluding steroid dienone is 1. The molecule has 9 nitrogen and oxygen atoms in total. The Labute approximate surface area is 297 Å². The van der Waals surface area contributed by atoms with Crippen molar-refractivity contribution in [2.24, 2.45) is 22.3 Å². The summed E-state index contributed by atoms with van der Waals surface area (Å²) >= 11 is 9.15. The highest BCUT2D eigenvalue weighted by atomic mass is 35.5. The van der Waals surface area contributed by atoms with Gasteiger partial charge in [-0.3, -0.25) is 9.69 Å². The van der Waals surface area contributed by atoms with Gasteiger partial charge in [0.1, 0.15) is 16.6 Å². The van der Waals surface area contributed by atoms with Crippen LogP contribution in [0.1, 0.15) is 58.4 Å². The molecule has 2 aromatic rings. The molecule has 0 unspecified atom stereocenters. The molecule has 0 radical (unpaired) electrons. The third-order valence-corrected chi connectivity index (χ3v) is 11.7. The second-order valence-electron chi connectivity index (χ2n) is 13.5. The molecule has 0 atom stereocenters. The molecule has 262 valence electrons. The monoisotopic (exact) mass is 717 g/mol. The number of carbonyl (C=O) groups excluding carboxylic acids is 1. The maximum atomic E-state index is 14.7. The zero-order valence-electron chi connectivity index (χ0n) is 28.3. The Kier molecular flexibility index (Phi) is 12.0. The van der Waals surface area contributed by atoms with Crippen LogP contribution in [-0.4, -0.2) is 71.6 Å². The van der Waals surface area contributed by atoms with Crippen molar-refractivity contribution in [3.8, 4) is 0 Å². The number of pyridine rings is 1. The quantitative estimate of drug-likeness (QED) is 0.0592. The number of aromatic nitrogens is 1. The molecule has 0 saturated heterocycles. The van der Waals surface area contributed by atoms with Crippen LogP contribution in [-0.2, 0) is 9.53 Å². The van der Waals surface area contributed by atoms with E-state index in [0.717, 1.165) is 45.1 Å². The van der Waals surface area contributed by atoms with E-state index in [1.54, 1.807) is 36.2 Å². The number of rotatable bonds is 20. The average Bonchev–Trinajstić information content (AvgIpc) is 3.97. The van der Waals surface area contributed by atoms with Gasteiger partial charge in [0.25, 0.3) is 0 Å². The van der Waals surface area contributed by atoms with E-state index >= 15 is 0 Å². The molecular formula is C35H49ClFN7O2S2. The maximum absolute atomic E-state index is 14.7. The van der Waals surface area contributed by atoms with Crippen molar-refractivity contribution in [2.75, 3.05) is 55.4 Å². The minimum Gasteiger partial charge on any atom is -0.398 e. The van der Waals surface area contributed by atoms with Gasteiger partial charge in [-0.15, -0.1) is 23.5 Å². The summed E-state index contributed by atoms with van der Waals surface area (Å²) in [5, 5.41) is 10.8. The van der Waals surface area contributed by atoms with Crippen molar-refractivity contribution in [1.82, 2.24) is 15.2 Å². The molecule has 3 aliphatic carbocycles. The number of nitrogens with one attached hydrogen (secondary N) is 3. The number of hydrogen-bond donors (Lipinski definition) is 5. The minimum absolute atomic E-state index is 0.0131. The molecule has 1 aromatic heterocycles. The van der Waals surface area contributed by atoms with Crippen LogP contribution in [0.3, 0.4) is 0 Å². The van der Waals surface area contributed by atoms with E-state index in [2.05, 4.69) is 32.8 Å². The van der Waals surface area contributed by atoms with Crippen LogP contribution in [0, 0.1) is 16.6 Å². The minimum atomic E-state index is -0.497. The summed E-state index contributed by atoms with van der Waals surface area (Å²) in [6.07, 6.45) is 10.8. The van der Waals surface area contributed by atoms with E-state index in [4.69, 9.17) is 27.8 Å². The first-order valence-electron chi connectivity index (χ1n) is 16.6. The van der Waals surface area contributed by atoms with Gasteiger partial charge in [-0.25, -0.2) is 9.37 Å². The Bertz CT molecular complexity index is 1530. The van der Waals surface area contributed by atoms with Crippen LogP contribution in [0.25, 0.3) is 5.70 Å². The molecule has 1 aromatic carbocycles. The first-order valence-corrected chi connectivity index (χ1v) is 19.2. The second kappa shape index (κ2) is 15.6. The molecule has 7 N–H and O–H groups in total. The molecule has 0 aliphatic heterocycles. The second-order valence-corrected chi connectivity index (χ2v) is 16.4. The van der Waals surface area contributed by atoms with E-state index in [0.29, 0.717) is 39.6 Å². The van der Waals surface area contributed by atoms with Gasteiger partial charge in [0, 0.05) is 65.7 Å². The van der Waals surface area contributed by atoms with Gasteiger partial charge in [-0.05, 0) is 94.5 Å². The molecule has 3 saturated carbocycles. The predicted octanol–water partition coefficient (Wildman–Crippen LogP) is 6.45. The van der Waals surface area contributed by atoms with Crippen LogP contribution in [0.15, 0.2) is 53.3 Å². The fourth-order valence-electron chi connectivity index (χ4n) is 6.13. The molecule has 3 fully saturated rings. The summed E-state index contributed by atoms with van der Waals surface area (Å²) in [6.45, 7) is 10.8. The SMILES string of the molecule is CCCN(CCNCC12CC1(C(=O)Nc1cc(NC(/C=C(\N)c3cc(Cl)ccc3F)=C(/N)SCCOC(C)(C)SC)ccn1)C2)C1CC1. The van der Waals surface area contributed by atoms with E-state index in [-0.39, 0.29) is 32.9 Å². The number of ether oxygens (including phenoxy) is 1. The number of anilines is 2. The van der Waals surface area contributed by atoms with E-state index in [1.807, 2.05) is 20.1 Å². The Hall–Kier alpha value is -2.48. The Morgan fingerprint density at radius 2 is 1.98 bits per heavy atom. The zero-order valence-corrected chi connectivity index (χ0v) is 30.7. The fraction of sp³-hybridized carbons (Fsp3) is 0.543. The van der Waals surface area contributed by atoms with Crippen molar-refractivity contribution in [3.63, 3.8) is 0 Å². The van der Waals surface area contributed by atoms with Crippen LogP contribution in [0.5, 0.6) is 0 Å². The summed E-state index contributed by atoms with van der Waals surface area (Å²) in [6, 6.07) is 8.51. The lowest BCUT2D eigenvalue weighted by atomic mass is 10.1. The number of hydrogen-bond acceptors (Lipinski definition) is 10. The Morgan fingerprint density at radius 3 is 2.69 bits per heavy atom. The molecular weight excluding hydrogens is 669 g/mol.